The van der Waals surface area contributed by atoms with E-state index in [1.807, 2.05) is 30.3 Å². The van der Waals surface area contributed by atoms with Crippen molar-refractivity contribution in [3.63, 3.8) is 0 Å². The van der Waals surface area contributed by atoms with Crippen LogP contribution in [-0.4, -0.2) is 5.97 Å². The second-order valence-electron chi connectivity index (χ2n) is 4.76. The second-order valence-corrected chi connectivity index (χ2v) is 4.76. The third-order valence-electron chi connectivity index (χ3n) is 3.28. The largest absolute Gasteiger partial charge is 0.438 e. The van der Waals surface area contributed by atoms with Crippen LogP contribution >= 0.6 is 0 Å². The number of hydrogen-bond acceptors (Lipinski definition) is 2. The van der Waals surface area contributed by atoms with Crippen molar-refractivity contribution in [1.82, 2.24) is 0 Å². The Morgan fingerprint density at radius 1 is 1.19 bits per heavy atom. The molecule has 2 rings (SSSR count). The molecular formula is C19H16O2. The third kappa shape index (κ3) is 3.21. The lowest BCUT2D eigenvalue weighted by molar-refractivity contribution is 0.0129. The summed E-state index contributed by atoms with van der Waals surface area (Å²) in [5.41, 5.74) is 1.08. The van der Waals surface area contributed by atoms with Gasteiger partial charge in [0.1, 0.15) is 0 Å². The van der Waals surface area contributed by atoms with Crippen molar-refractivity contribution in [2.24, 2.45) is 0 Å². The predicted molar refractivity (Wildman–Crippen MR) is 84.6 cm³/mol. The highest BCUT2D eigenvalue weighted by Crippen LogP contribution is 2.25. The van der Waals surface area contributed by atoms with Gasteiger partial charge in [0.05, 0.1) is 5.56 Å². The molecule has 0 aliphatic carbocycles. The molecule has 0 aromatic heterocycles. The van der Waals surface area contributed by atoms with Crippen molar-refractivity contribution in [1.29, 1.82) is 0 Å². The Hall–Kier alpha value is -2.79. The van der Waals surface area contributed by atoms with Crippen LogP contribution in [0.2, 0.25) is 0 Å². The number of rotatable bonds is 4. The van der Waals surface area contributed by atoms with Crippen LogP contribution in [0, 0.1) is 12.3 Å². The molecule has 0 heterocycles. The molecular weight excluding hydrogens is 260 g/mol. The number of hydrogen-bond donors (Lipinski definition) is 0. The van der Waals surface area contributed by atoms with Crippen LogP contribution < -0.4 is 0 Å². The summed E-state index contributed by atoms with van der Waals surface area (Å²) in [6.07, 6.45) is 7.28. The first-order valence-electron chi connectivity index (χ1n) is 6.58. The summed E-state index contributed by atoms with van der Waals surface area (Å²) in [6, 6.07) is 16.3. The van der Waals surface area contributed by atoms with Gasteiger partial charge >= 0.3 is 5.97 Å². The minimum Gasteiger partial charge on any atom is -0.438 e. The highest BCUT2D eigenvalue weighted by molar-refractivity contribution is 5.90. The van der Waals surface area contributed by atoms with Gasteiger partial charge in [-0.3, -0.25) is 0 Å². The first-order chi connectivity index (χ1) is 10.1. The Labute approximate surface area is 125 Å². The van der Waals surface area contributed by atoms with Crippen LogP contribution in [0.4, 0.5) is 0 Å². The van der Waals surface area contributed by atoms with Crippen LogP contribution in [0.15, 0.2) is 61.2 Å². The van der Waals surface area contributed by atoms with Crippen molar-refractivity contribution in [3.8, 4) is 12.3 Å². The molecule has 104 valence electrons. The van der Waals surface area contributed by atoms with Crippen LogP contribution in [0.3, 0.4) is 0 Å². The van der Waals surface area contributed by atoms with Crippen molar-refractivity contribution in [2.45, 2.75) is 12.5 Å². The lowest BCUT2D eigenvalue weighted by Crippen LogP contribution is -2.27. The lowest BCUT2D eigenvalue weighted by atomic mass is 9.96. The number of benzene rings is 2. The molecule has 0 amide bonds. The van der Waals surface area contributed by atoms with Gasteiger partial charge in [0.25, 0.3) is 0 Å². The molecule has 0 radical (unpaired) electrons. The SMILES string of the molecule is C#CC(C)(OC(=O)c1ccc(C=C)cc1)c1ccccc1. The van der Waals surface area contributed by atoms with Crippen LogP contribution in [0.1, 0.15) is 28.4 Å². The van der Waals surface area contributed by atoms with E-state index in [1.54, 1.807) is 37.3 Å². The van der Waals surface area contributed by atoms with Gasteiger partial charge in [-0.15, -0.1) is 6.42 Å². The first kappa shape index (κ1) is 14.6. The maximum Gasteiger partial charge on any atom is 0.339 e. The van der Waals surface area contributed by atoms with Crippen molar-refractivity contribution >= 4 is 12.0 Å². The van der Waals surface area contributed by atoms with Crippen LogP contribution in [-0.2, 0) is 10.3 Å². The molecule has 1 atom stereocenters. The van der Waals surface area contributed by atoms with E-state index < -0.39 is 11.6 Å². The Morgan fingerprint density at radius 2 is 1.81 bits per heavy atom. The van der Waals surface area contributed by atoms with E-state index in [0.717, 1.165) is 11.1 Å². The number of esters is 1. The summed E-state index contributed by atoms with van der Waals surface area (Å²) in [7, 11) is 0. The zero-order valence-corrected chi connectivity index (χ0v) is 11.9. The minimum atomic E-state index is -1.09. The summed E-state index contributed by atoms with van der Waals surface area (Å²) in [4.78, 5) is 12.2. The summed E-state index contributed by atoms with van der Waals surface area (Å²) < 4.78 is 5.53. The number of carbonyl (C=O) groups excluding carboxylic acids is 1. The van der Waals surface area contributed by atoms with Crippen molar-refractivity contribution < 1.29 is 9.53 Å². The normalized spacial score (nSPS) is 12.8. The van der Waals surface area contributed by atoms with E-state index in [2.05, 4.69) is 12.5 Å². The molecule has 2 heteroatoms. The van der Waals surface area contributed by atoms with Crippen LogP contribution in [0.25, 0.3) is 6.08 Å². The first-order valence-corrected chi connectivity index (χ1v) is 6.58. The average Bonchev–Trinajstić information content (AvgIpc) is 2.55. The topological polar surface area (TPSA) is 26.3 Å². The zero-order valence-electron chi connectivity index (χ0n) is 11.9. The number of terminal acetylenes is 1. The number of carbonyl (C=O) groups is 1. The van der Waals surface area contributed by atoms with E-state index in [1.165, 1.54) is 0 Å². The summed E-state index contributed by atoms with van der Waals surface area (Å²) >= 11 is 0. The fourth-order valence-electron chi connectivity index (χ4n) is 1.93. The summed E-state index contributed by atoms with van der Waals surface area (Å²) in [6.45, 7) is 5.38. The molecule has 0 fully saturated rings. The smallest absolute Gasteiger partial charge is 0.339 e. The number of ether oxygens (including phenoxy) is 1. The van der Waals surface area contributed by atoms with Gasteiger partial charge in [0, 0.05) is 5.56 Å². The monoisotopic (exact) mass is 276 g/mol. The van der Waals surface area contributed by atoms with Gasteiger partial charge in [-0.25, -0.2) is 4.79 Å². The van der Waals surface area contributed by atoms with Gasteiger partial charge in [-0.2, -0.15) is 0 Å². The predicted octanol–water partition coefficient (Wildman–Crippen LogP) is 4.04. The molecule has 0 saturated carbocycles. The Morgan fingerprint density at radius 3 is 2.33 bits per heavy atom. The molecule has 2 nitrogen and oxygen atoms in total. The van der Waals surface area contributed by atoms with Crippen molar-refractivity contribution in [2.75, 3.05) is 0 Å². The van der Waals surface area contributed by atoms with E-state index in [4.69, 9.17) is 11.2 Å². The molecule has 0 saturated heterocycles. The quantitative estimate of drug-likeness (QED) is 0.622. The Balaban J connectivity index is 2.24. The van der Waals surface area contributed by atoms with Crippen LogP contribution in [0.5, 0.6) is 0 Å². The Bertz CT molecular complexity index is 678. The molecule has 0 bridgehead atoms. The summed E-state index contributed by atoms with van der Waals surface area (Å²) in [5, 5.41) is 0. The highest BCUT2D eigenvalue weighted by atomic mass is 16.6. The van der Waals surface area contributed by atoms with E-state index in [9.17, 15) is 4.79 Å². The van der Waals surface area contributed by atoms with Gasteiger partial charge in [0.15, 0.2) is 5.60 Å². The Kier molecular flexibility index (Phi) is 4.25. The standard InChI is InChI=1S/C19H16O2/c1-4-15-11-13-16(14-12-15)18(20)21-19(3,5-2)17-9-7-6-8-10-17/h2,4,6-14H,1H2,3H3. The summed E-state index contributed by atoms with van der Waals surface area (Å²) in [5.74, 6) is 2.11. The minimum absolute atomic E-state index is 0.449. The molecule has 0 spiro atoms. The molecule has 0 aliphatic heterocycles. The fraction of sp³-hybridized carbons (Fsp3) is 0.105. The van der Waals surface area contributed by atoms with Gasteiger partial charge < -0.3 is 4.74 Å². The van der Waals surface area contributed by atoms with E-state index in [-0.39, 0.29) is 0 Å². The van der Waals surface area contributed by atoms with Gasteiger partial charge in [0.2, 0.25) is 0 Å². The molecule has 1 unspecified atom stereocenters. The molecule has 21 heavy (non-hydrogen) atoms. The fourth-order valence-corrected chi connectivity index (χ4v) is 1.93. The maximum absolute atomic E-state index is 12.2. The van der Waals surface area contributed by atoms with E-state index in [0.29, 0.717) is 5.56 Å². The van der Waals surface area contributed by atoms with Crippen molar-refractivity contribution in [3.05, 3.63) is 77.9 Å². The molecule has 2 aromatic rings. The van der Waals surface area contributed by atoms with Gasteiger partial charge in [-0.05, 0) is 24.6 Å². The second kappa shape index (κ2) is 6.11. The maximum atomic E-state index is 12.2. The average molecular weight is 276 g/mol. The lowest BCUT2D eigenvalue weighted by Gasteiger charge is -2.24. The van der Waals surface area contributed by atoms with Gasteiger partial charge in [-0.1, -0.05) is 61.0 Å². The molecule has 0 aliphatic rings. The van der Waals surface area contributed by atoms with E-state index >= 15 is 0 Å². The molecule has 2 aromatic carbocycles. The molecule has 0 N–H and O–H groups in total. The highest BCUT2D eigenvalue weighted by Gasteiger charge is 2.29. The zero-order chi connectivity index (χ0) is 15.3. The third-order valence-corrected chi connectivity index (χ3v) is 3.28.